The van der Waals surface area contributed by atoms with Crippen LogP contribution in [0.3, 0.4) is 0 Å². The predicted molar refractivity (Wildman–Crippen MR) is 76.4 cm³/mol. The lowest BCUT2D eigenvalue weighted by Crippen LogP contribution is -2.20. The zero-order valence-corrected chi connectivity index (χ0v) is 11.6. The van der Waals surface area contributed by atoms with Gasteiger partial charge in [0.1, 0.15) is 0 Å². The van der Waals surface area contributed by atoms with Crippen molar-refractivity contribution in [2.45, 2.75) is 77.0 Å². The van der Waals surface area contributed by atoms with Gasteiger partial charge in [0.05, 0.1) is 0 Å². The van der Waals surface area contributed by atoms with E-state index in [1.54, 1.807) is 0 Å². The molecule has 0 aromatic rings. The molecule has 0 amide bonds. The summed E-state index contributed by atoms with van der Waals surface area (Å²) in [5, 5.41) is 0. The van der Waals surface area contributed by atoms with E-state index < -0.39 is 0 Å². The highest BCUT2D eigenvalue weighted by molar-refractivity contribution is 5.28. The first-order chi connectivity index (χ1) is 8.88. The van der Waals surface area contributed by atoms with E-state index in [0.29, 0.717) is 0 Å². The van der Waals surface area contributed by atoms with Gasteiger partial charge in [-0.2, -0.15) is 0 Å². The summed E-state index contributed by atoms with van der Waals surface area (Å²) < 4.78 is 0. The third-order valence-electron chi connectivity index (χ3n) is 6.22. The number of hydrogen-bond acceptors (Lipinski definition) is 0. The lowest BCUT2D eigenvalue weighted by Gasteiger charge is -2.36. The fraction of sp³-hybridized carbons (Fsp3) is 0.778. The van der Waals surface area contributed by atoms with Crippen LogP contribution in [0.25, 0.3) is 0 Å². The minimum Gasteiger partial charge on any atom is -0.0707 e. The molecule has 1 fully saturated rings. The molecule has 0 heteroatoms. The van der Waals surface area contributed by atoms with E-state index in [4.69, 9.17) is 0 Å². The molecule has 0 nitrogen and oxygen atoms in total. The van der Waals surface area contributed by atoms with E-state index >= 15 is 0 Å². The maximum atomic E-state index is 1.90. The van der Waals surface area contributed by atoms with Gasteiger partial charge < -0.3 is 0 Å². The molecule has 2 atom stereocenters. The van der Waals surface area contributed by atoms with Crippen LogP contribution in [-0.2, 0) is 0 Å². The Morgan fingerprint density at radius 3 is 1.39 bits per heavy atom. The van der Waals surface area contributed by atoms with Gasteiger partial charge >= 0.3 is 0 Å². The summed E-state index contributed by atoms with van der Waals surface area (Å²) in [7, 11) is 0. The van der Waals surface area contributed by atoms with Crippen molar-refractivity contribution in [1.82, 2.24) is 0 Å². The van der Waals surface area contributed by atoms with Crippen LogP contribution in [0.5, 0.6) is 0 Å². The average molecular weight is 242 g/mol. The number of hydrogen-bond donors (Lipinski definition) is 0. The topological polar surface area (TPSA) is 0 Å². The molecular weight excluding hydrogens is 216 g/mol. The minimum atomic E-state index is 1.05. The predicted octanol–water partition coefficient (Wildman–Crippen LogP) is 5.55. The standard InChI is InChI=1S/C18H26/c1-2-14-4-6-16-8-7-15-5-3-13(1)11-17(15)9-10-18(16)12-14/h13-14H,1-12H2. The fourth-order valence-corrected chi connectivity index (χ4v) is 5.03. The van der Waals surface area contributed by atoms with Crippen molar-refractivity contribution in [3.8, 4) is 0 Å². The summed E-state index contributed by atoms with van der Waals surface area (Å²) in [6, 6.07) is 0. The van der Waals surface area contributed by atoms with E-state index in [1.807, 2.05) is 22.3 Å². The van der Waals surface area contributed by atoms with Gasteiger partial charge in [0.15, 0.2) is 0 Å². The van der Waals surface area contributed by atoms with Crippen molar-refractivity contribution in [3.05, 3.63) is 22.3 Å². The SMILES string of the molecule is C1CC2=C3CCC4=C1CCC(CCC(CC2)C3)C4. The van der Waals surface area contributed by atoms with E-state index in [0.717, 1.165) is 11.8 Å². The molecule has 0 aliphatic heterocycles. The molecule has 4 rings (SSSR count). The van der Waals surface area contributed by atoms with Crippen LogP contribution < -0.4 is 0 Å². The number of allylic oxidation sites excluding steroid dienone is 4. The van der Waals surface area contributed by atoms with Gasteiger partial charge in [-0.25, -0.2) is 0 Å². The Kier molecular flexibility index (Phi) is 2.86. The molecule has 0 heterocycles. The molecule has 4 aliphatic rings. The van der Waals surface area contributed by atoms with Crippen LogP contribution in [0.2, 0.25) is 0 Å². The van der Waals surface area contributed by atoms with Gasteiger partial charge in [0, 0.05) is 0 Å². The van der Waals surface area contributed by atoms with Crippen LogP contribution in [0.15, 0.2) is 22.3 Å². The molecule has 0 aromatic carbocycles. The van der Waals surface area contributed by atoms with E-state index in [9.17, 15) is 0 Å². The minimum absolute atomic E-state index is 1.05. The van der Waals surface area contributed by atoms with Crippen molar-refractivity contribution in [3.63, 3.8) is 0 Å². The molecule has 0 aromatic heterocycles. The first-order valence-electron chi connectivity index (χ1n) is 8.28. The van der Waals surface area contributed by atoms with Crippen molar-refractivity contribution in [2.75, 3.05) is 0 Å². The van der Waals surface area contributed by atoms with Crippen molar-refractivity contribution in [1.29, 1.82) is 0 Å². The van der Waals surface area contributed by atoms with Crippen molar-refractivity contribution in [2.24, 2.45) is 11.8 Å². The summed E-state index contributed by atoms with van der Waals surface area (Å²) in [4.78, 5) is 0. The molecule has 2 unspecified atom stereocenters. The van der Waals surface area contributed by atoms with E-state index in [2.05, 4.69) is 0 Å². The Bertz CT molecular complexity index is 370. The third-order valence-corrected chi connectivity index (χ3v) is 6.22. The Balaban J connectivity index is 1.71. The van der Waals surface area contributed by atoms with Gasteiger partial charge in [0.25, 0.3) is 0 Å². The van der Waals surface area contributed by atoms with Crippen LogP contribution in [0, 0.1) is 11.8 Å². The van der Waals surface area contributed by atoms with E-state index in [-0.39, 0.29) is 0 Å². The van der Waals surface area contributed by atoms with Gasteiger partial charge in [-0.15, -0.1) is 0 Å². The Morgan fingerprint density at radius 2 is 0.889 bits per heavy atom. The summed E-state index contributed by atoms with van der Waals surface area (Å²) in [5.41, 5.74) is 7.59. The summed E-state index contributed by atoms with van der Waals surface area (Å²) in [6.45, 7) is 0. The summed E-state index contributed by atoms with van der Waals surface area (Å²) in [5.74, 6) is 2.10. The van der Waals surface area contributed by atoms with Gasteiger partial charge in [-0.3, -0.25) is 0 Å². The molecule has 4 bridgehead atoms. The zero-order chi connectivity index (χ0) is 11.9. The lowest BCUT2D eigenvalue weighted by molar-refractivity contribution is 0.319. The van der Waals surface area contributed by atoms with Crippen LogP contribution >= 0.6 is 0 Å². The van der Waals surface area contributed by atoms with Crippen molar-refractivity contribution >= 4 is 0 Å². The normalized spacial score (nSPS) is 36.0. The Morgan fingerprint density at radius 1 is 0.444 bits per heavy atom. The zero-order valence-electron chi connectivity index (χ0n) is 11.6. The quantitative estimate of drug-likeness (QED) is 0.489. The highest BCUT2D eigenvalue weighted by Gasteiger charge is 2.29. The van der Waals surface area contributed by atoms with Gasteiger partial charge in [-0.1, -0.05) is 22.3 Å². The van der Waals surface area contributed by atoms with Crippen LogP contribution in [0.1, 0.15) is 77.0 Å². The second kappa shape index (κ2) is 4.54. The van der Waals surface area contributed by atoms with E-state index in [1.165, 1.54) is 77.0 Å². The highest BCUT2D eigenvalue weighted by Crippen LogP contribution is 2.46. The fourth-order valence-electron chi connectivity index (χ4n) is 5.03. The Hall–Kier alpha value is -0.520. The second-order valence-corrected chi connectivity index (χ2v) is 7.21. The highest BCUT2D eigenvalue weighted by atomic mass is 14.3. The largest absolute Gasteiger partial charge is 0.0707 e. The maximum absolute atomic E-state index is 1.90. The molecule has 0 spiro atoms. The summed E-state index contributed by atoms with van der Waals surface area (Å²) in [6.07, 6.45) is 17.6. The first-order valence-corrected chi connectivity index (χ1v) is 8.28. The first kappa shape index (κ1) is 11.3. The maximum Gasteiger partial charge on any atom is -0.0280 e. The second-order valence-electron chi connectivity index (χ2n) is 7.21. The van der Waals surface area contributed by atoms with Crippen LogP contribution in [-0.4, -0.2) is 0 Å². The van der Waals surface area contributed by atoms with Gasteiger partial charge in [0.2, 0.25) is 0 Å². The average Bonchev–Trinajstić information content (AvgIpc) is 2.37. The molecule has 4 aliphatic carbocycles. The van der Waals surface area contributed by atoms with Crippen molar-refractivity contribution < 1.29 is 0 Å². The molecule has 18 heavy (non-hydrogen) atoms. The van der Waals surface area contributed by atoms with Crippen LogP contribution in [0.4, 0.5) is 0 Å². The van der Waals surface area contributed by atoms with Gasteiger partial charge in [-0.05, 0) is 88.9 Å². The monoisotopic (exact) mass is 242 g/mol. The molecule has 0 radical (unpaired) electrons. The smallest absolute Gasteiger partial charge is 0.0280 e. The number of rotatable bonds is 0. The third kappa shape index (κ3) is 1.98. The molecule has 0 N–H and O–H groups in total. The summed E-state index contributed by atoms with van der Waals surface area (Å²) >= 11 is 0. The lowest BCUT2D eigenvalue weighted by atomic mass is 9.70. The molecule has 98 valence electrons. The molecule has 0 saturated heterocycles. The molecule has 1 saturated carbocycles. The Labute approximate surface area is 112 Å². The number of fused-ring (bicyclic) bond motifs is 3. The molecular formula is C18H26.